The monoisotopic (exact) mass is 366 g/mol. The summed E-state index contributed by atoms with van der Waals surface area (Å²) in [5.74, 6) is 1.68. The summed E-state index contributed by atoms with van der Waals surface area (Å²) in [6, 6.07) is 13.5. The molecule has 2 rings (SSSR count). The van der Waals surface area contributed by atoms with Gasteiger partial charge in [0.25, 0.3) is 5.69 Å². The number of allylic oxidation sites excluding steroid dienone is 1. The lowest BCUT2D eigenvalue weighted by atomic mass is 10.0. The quantitative estimate of drug-likeness (QED) is 0.281. The fourth-order valence-corrected chi connectivity index (χ4v) is 2.37. The maximum atomic E-state index is 10.8. The molecule has 0 aliphatic heterocycles. The predicted octanol–water partition coefficient (Wildman–Crippen LogP) is 5.09. The maximum Gasteiger partial charge on any atom is 0.269 e. The number of nitrogens with zero attached hydrogens (tertiary/aromatic N) is 2. The van der Waals surface area contributed by atoms with Gasteiger partial charge in [0.15, 0.2) is 11.5 Å². The SMILES string of the molecule is CCOc1cc(/C=C(\C#N)c2ccc([N+](=O)[O-])cc2)ccc1OCC(C)C. The van der Waals surface area contributed by atoms with E-state index >= 15 is 0 Å². The van der Waals surface area contributed by atoms with Crippen molar-refractivity contribution in [1.29, 1.82) is 5.26 Å². The third-order valence-electron chi connectivity index (χ3n) is 3.66. The first kappa shape index (κ1) is 20.0. The molecule has 6 heteroatoms. The van der Waals surface area contributed by atoms with Crippen LogP contribution in [0.3, 0.4) is 0 Å². The lowest BCUT2D eigenvalue weighted by Crippen LogP contribution is -2.06. The summed E-state index contributed by atoms with van der Waals surface area (Å²) < 4.78 is 11.4. The van der Waals surface area contributed by atoms with Gasteiger partial charge in [-0.1, -0.05) is 19.9 Å². The Morgan fingerprint density at radius 2 is 1.89 bits per heavy atom. The van der Waals surface area contributed by atoms with Gasteiger partial charge in [-0.2, -0.15) is 5.26 Å². The Labute approximate surface area is 158 Å². The Bertz CT molecular complexity index is 865. The average Bonchev–Trinajstić information content (AvgIpc) is 2.65. The Hall–Kier alpha value is -3.33. The highest BCUT2D eigenvalue weighted by molar-refractivity contribution is 5.90. The molecule has 0 atom stereocenters. The van der Waals surface area contributed by atoms with Gasteiger partial charge in [0.2, 0.25) is 0 Å². The van der Waals surface area contributed by atoms with Gasteiger partial charge in [-0.05, 0) is 54.3 Å². The molecule has 0 aromatic heterocycles. The van der Waals surface area contributed by atoms with Crippen molar-refractivity contribution in [3.63, 3.8) is 0 Å². The number of hydrogen-bond acceptors (Lipinski definition) is 5. The second-order valence-electron chi connectivity index (χ2n) is 6.32. The first-order valence-electron chi connectivity index (χ1n) is 8.70. The smallest absolute Gasteiger partial charge is 0.269 e. The fourth-order valence-electron chi connectivity index (χ4n) is 2.37. The molecule has 0 saturated carbocycles. The lowest BCUT2D eigenvalue weighted by molar-refractivity contribution is -0.384. The molecule has 6 nitrogen and oxygen atoms in total. The second-order valence-corrected chi connectivity index (χ2v) is 6.32. The van der Waals surface area contributed by atoms with Crippen molar-refractivity contribution in [3.8, 4) is 17.6 Å². The molecule has 0 unspecified atom stereocenters. The van der Waals surface area contributed by atoms with Crippen LogP contribution in [0, 0.1) is 27.4 Å². The molecule has 0 aliphatic carbocycles. The van der Waals surface area contributed by atoms with Crippen LogP contribution in [-0.2, 0) is 0 Å². The summed E-state index contributed by atoms with van der Waals surface area (Å²) in [5.41, 5.74) is 1.79. The summed E-state index contributed by atoms with van der Waals surface area (Å²) >= 11 is 0. The van der Waals surface area contributed by atoms with Crippen molar-refractivity contribution >= 4 is 17.3 Å². The van der Waals surface area contributed by atoms with Crippen LogP contribution < -0.4 is 9.47 Å². The molecule has 0 amide bonds. The largest absolute Gasteiger partial charge is 0.490 e. The zero-order valence-corrected chi connectivity index (χ0v) is 15.6. The van der Waals surface area contributed by atoms with Crippen LogP contribution in [0.25, 0.3) is 11.6 Å². The molecular weight excluding hydrogens is 344 g/mol. The zero-order valence-electron chi connectivity index (χ0n) is 15.6. The first-order chi connectivity index (χ1) is 12.9. The van der Waals surface area contributed by atoms with Crippen LogP contribution in [0.2, 0.25) is 0 Å². The highest BCUT2D eigenvalue weighted by Gasteiger charge is 2.10. The second kappa shape index (κ2) is 9.39. The van der Waals surface area contributed by atoms with E-state index in [1.165, 1.54) is 12.1 Å². The molecule has 0 N–H and O–H groups in total. The molecule has 0 spiro atoms. The minimum absolute atomic E-state index is 0.0127. The molecule has 140 valence electrons. The van der Waals surface area contributed by atoms with Crippen LogP contribution >= 0.6 is 0 Å². The number of nitro groups is 1. The number of nitro benzene ring substituents is 1. The number of ether oxygens (including phenoxy) is 2. The molecular formula is C21H22N2O4. The summed E-state index contributed by atoms with van der Waals surface area (Å²) in [4.78, 5) is 10.3. The Balaban J connectivity index is 2.33. The van der Waals surface area contributed by atoms with Crippen molar-refractivity contribution in [2.24, 2.45) is 5.92 Å². The minimum atomic E-state index is -0.468. The third kappa shape index (κ3) is 5.58. The van der Waals surface area contributed by atoms with Gasteiger partial charge in [0.05, 0.1) is 29.8 Å². The normalized spacial score (nSPS) is 11.1. The first-order valence-corrected chi connectivity index (χ1v) is 8.70. The van der Waals surface area contributed by atoms with Crippen LogP contribution in [-0.4, -0.2) is 18.1 Å². The number of benzene rings is 2. The molecule has 0 bridgehead atoms. The zero-order chi connectivity index (χ0) is 19.8. The van der Waals surface area contributed by atoms with E-state index < -0.39 is 4.92 Å². The summed E-state index contributed by atoms with van der Waals surface area (Å²) in [6.45, 7) is 7.12. The maximum absolute atomic E-state index is 10.8. The van der Waals surface area contributed by atoms with Crippen molar-refractivity contribution in [2.75, 3.05) is 13.2 Å². The van der Waals surface area contributed by atoms with E-state index in [1.54, 1.807) is 18.2 Å². The van der Waals surface area contributed by atoms with Crippen molar-refractivity contribution in [2.45, 2.75) is 20.8 Å². The lowest BCUT2D eigenvalue weighted by Gasteiger charge is -2.14. The number of hydrogen-bond donors (Lipinski definition) is 0. The highest BCUT2D eigenvalue weighted by Crippen LogP contribution is 2.31. The van der Waals surface area contributed by atoms with Gasteiger partial charge in [-0.3, -0.25) is 10.1 Å². The minimum Gasteiger partial charge on any atom is -0.490 e. The van der Waals surface area contributed by atoms with Crippen LogP contribution in [0.4, 0.5) is 5.69 Å². The van der Waals surface area contributed by atoms with E-state index in [2.05, 4.69) is 19.9 Å². The van der Waals surface area contributed by atoms with Gasteiger partial charge in [0, 0.05) is 12.1 Å². The number of nitriles is 1. The Kier molecular flexibility index (Phi) is 6.95. The van der Waals surface area contributed by atoms with E-state index in [0.29, 0.717) is 41.8 Å². The summed E-state index contributed by atoms with van der Waals surface area (Å²) in [5, 5.41) is 20.3. The fraction of sp³-hybridized carbons (Fsp3) is 0.286. The van der Waals surface area contributed by atoms with E-state index in [0.717, 1.165) is 5.56 Å². The summed E-state index contributed by atoms with van der Waals surface area (Å²) in [7, 11) is 0. The molecule has 0 heterocycles. The summed E-state index contributed by atoms with van der Waals surface area (Å²) in [6.07, 6.45) is 1.72. The highest BCUT2D eigenvalue weighted by atomic mass is 16.6. The molecule has 0 radical (unpaired) electrons. The van der Waals surface area contributed by atoms with Crippen LogP contribution in [0.1, 0.15) is 31.9 Å². The van der Waals surface area contributed by atoms with Gasteiger partial charge in [-0.15, -0.1) is 0 Å². The Morgan fingerprint density at radius 3 is 2.44 bits per heavy atom. The molecule has 2 aromatic rings. The van der Waals surface area contributed by atoms with Crippen LogP contribution in [0.5, 0.6) is 11.5 Å². The van der Waals surface area contributed by atoms with E-state index in [9.17, 15) is 15.4 Å². The molecule has 0 saturated heterocycles. The van der Waals surface area contributed by atoms with Crippen molar-refractivity contribution in [3.05, 3.63) is 63.7 Å². The average molecular weight is 366 g/mol. The van der Waals surface area contributed by atoms with Crippen molar-refractivity contribution in [1.82, 2.24) is 0 Å². The van der Waals surface area contributed by atoms with Gasteiger partial charge in [0.1, 0.15) is 0 Å². The van der Waals surface area contributed by atoms with Crippen LogP contribution in [0.15, 0.2) is 42.5 Å². The number of non-ortho nitro benzene ring substituents is 1. The molecule has 27 heavy (non-hydrogen) atoms. The molecule has 0 fully saturated rings. The van der Waals surface area contributed by atoms with E-state index in [4.69, 9.17) is 9.47 Å². The van der Waals surface area contributed by atoms with Gasteiger partial charge < -0.3 is 9.47 Å². The topological polar surface area (TPSA) is 85.4 Å². The molecule has 2 aromatic carbocycles. The van der Waals surface area contributed by atoms with Gasteiger partial charge in [-0.25, -0.2) is 0 Å². The van der Waals surface area contributed by atoms with Gasteiger partial charge >= 0.3 is 0 Å². The third-order valence-corrected chi connectivity index (χ3v) is 3.66. The van der Waals surface area contributed by atoms with Crippen molar-refractivity contribution < 1.29 is 14.4 Å². The molecule has 0 aliphatic rings. The Morgan fingerprint density at radius 1 is 1.19 bits per heavy atom. The van der Waals surface area contributed by atoms with E-state index in [-0.39, 0.29) is 5.69 Å². The predicted molar refractivity (Wildman–Crippen MR) is 105 cm³/mol. The number of rotatable bonds is 8. The standard InChI is InChI=1S/C21H22N2O4/c1-4-26-21-12-16(5-10-20(21)27-14-15(2)3)11-18(13-22)17-6-8-19(9-7-17)23(24)25/h5-12,15H,4,14H2,1-3H3/b18-11+. The van der Waals surface area contributed by atoms with E-state index in [1.807, 2.05) is 25.1 Å².